The molecule has 0 amide bonds. The summed E-state index contributed by atoms with van der Waals surface area (Å²) in [6, 6.07) is 7.63. The molecule has 0 saturated carbocycles. The van der Waals surface area contributed by atoms with Gasteiger partial charge < -0.3 is 14.8 Å². The second kappa shape index (κ2) is 4.46. The predicted molar refractivity (Wildman–Crippen MR) is 67.8 cm³/mol. The molecule has 1 fully saturated rings. The monoisotopic (exact) mass is 245 g/mol. The van der Waals surface area contributed by atoms with E-state index in [9.17, 15) is 4.79 Å². The van der Waals surface area contributed by atoms with Crippen molar-refractivity contribution in [1.82, 2.24) is 4.98 Å². The number of ether oxygens (including phenoxy) is 1. The zero-order chi connectivity index (χ0) is 12.5. The number of aromatic nitrogens is 1. The largest absolute Gasteiger partial charge is 0.477 e. The highest BCUT2D eigenvalue weighted by atomic mass is 16.5. The fraction of sp³-hybridized carbons (Fsp3) is 0.357. The highest BCUT2D eigenvalue weighted by Gasteiger charge is 2.17. The SMILES string of the molecule is O=C(O)c1cc2cc(C3CCCCO3)ccc2[nH]1. The molecule has 1 aromatic heterocycles. The molecule has 4 nitrogen and oxygen atoms in total. The van der Waals surface area contributed by atoms with Crippen LogP contribution in [0.2, 0.25) is 0 Å². The van der Waals surface area contributed by atoms with Crippen molar-refractivity contribution >= 4 is 16.9 Å². The Morgan fingerprint density at radius 2 is 2.22 bits per heavy atom. The maximum absolute atomic E-state index is 10.9. The average molecular weight is 245 g/mol. The van der Waals surface area contributed by atoms with Gasteiger partial charge in [0, 0.05) is 17.5 Å². The van der Waals surface area contributed by atoms with Crippen molar-refractivity contribution in [3.8, 4) is 0 Å². The lowest BCUT2D eigenvalue weighted by Gasteiger charge is -2.22. The zero-order valence-corrected chi connectivity index (χ0v) is 9.98. The molecule has 1 saturated heterocycles. The van der Waals surface area contributed by atoms with Crippen LogP contribution in [0.25, 0.3) is 10.9 Å². The van der Waals surface area contributed by atoms with Gasteiger partial charge in [0.25, 0.3) is 0 Å². The molecule has 1 unspecified atom stereocenters. The van der Waals surface area contributed by atoms with Gasteiger partial charge in [-0.05, 0) is 43.0 Å². The normalized spacial score (nSPS) is 20.1. The summed E-state index contributed by atoms with van der Waals surface area (Å²) in [4.78, 5) is 13.8. The minimum Gasteiger partial charge on any atom is -0.477 e. The number of fused-ring (bicyclic) bond motifs is 1. The van der Waals surface area contributed by atoms with E-state index in [1.54, 1.807) is 6.07 Å². The Balaban J connectivity index is 1.96. The van der Waals surface area contributed by atoms with Crippen LogP contribution in [0.5, 0.6) is 0 Å². The molecular weight excluding hydrogens is 230 g/mol. The van der Waals surface area contributed by atoms with E-state index in [1.807, 2.05) is 18.2 Å². The minimum absolute atomic E-state index is 0.159. The molecule has 1 atom stereocenters. The standard InChI is InChI=1S/C14H15NO3/c16-14(17)12-8-10-7-9(4-5-11(10)15-12)13-3-1-2-6-18-13/h4-5,7-8,13,15H,1-3,6H2,(H,16,17). The van der Waals surface area contributed by atoms with Crippen LogP contribution in [0, 0.1) is 0 Å². The van der Waals surface area contributed by atoms with Crippen molar-refractivity contribution in [2.75, 3.05) is 6.61 Å². The molecule has 4 heteroatoms. The van der Waals surface area contributed by atoms with Gasteiger partial charge in [-0.3, -0.25) is 0 Å². The van der Waals surface area contributed by atoms with Gasteiger partial charge in [0.2, 0.25) is 0 Å². The van der Waals surface area contributed by atoms with Gasteiger partial charge in [-0.2, -0.15) is 0 Å². The van der Waals surface area contributed by atoms with Crippen LogP contribution >= 0.6 is 0 Å². The van der Waals surface area contributed by atoms with Crippen molar-refractivity contribution in [3.63, 3.8) is 0 Å². The molecule has 3 rings (SSSR count). The molecule has 0 spiro atoms. The van der Waals surface area contributed by atoms with Gasteiger partial charge in [0.1, 0.15) is 5.69 Å². The number of carboxylic acid groups (broad SMARTS) is 1. The number of aromatic carboxylic acids is 1. The van der Waals surface area contributed by atoms with Crippen molar-refractivity contribution in [3.05, 3.63) is 35.5 Å². The first kappa shape index (κ1) is 11.3. The van der Waals surface area contributed by atoms with Crippen LogP contribution in [0.1, 0.15) is 41.4 Å². The Bertz CT molecular complexity index is 582. The third kappa shape index (κ3) is 1.99. The van der Waals surface area contributed by atoms with E-state index in [4.69, 9.17) is 9.84 Å². The third-order valence-corrected chi connectivity index (χ3v) is 3.43. The molecule has 2 heterocycles. The average Bonchev–Trinajstić information content (AvgIpc) is 2.82. The van der Waals surface area contributed by atoms with E-state index >= 15 is 0 Å². The first-order chi connectivity index (χ1) is 8.74. The van der Waals surface area contributed by atoms with E-state index in [-0.39, 0.29) is 11.8 Å². The quantitative estimate of drug-likeness (QED) is 0.854. The molecule has 18 heavy (non-hydrogen) atoms. The molecule has 2 N–H and O–H groups in total. The summed E-state index contributed by atoms with van der Waals surface area (Å²) >= 11 is 0. The fourth-order valence-electron chi connectivity index (χ4n) is 2.47. The molecule has 0 radical (unpaired) electrons. The van der Waals surface area contributed by atoms with E-state index in [0.29, 0.717) is 0 Å². The second-order valence-corrected chi connectivity index (χ2v) is 4.69. The number of rotatable bonds is 2. The number of carbonyl (C=O) groups is 1. The minimum atomic E-state index is -0.929. The van der Waals surface area contributed by atoms with Gasteiger partial charge >= 0.3 is 5.97 Å². The number of aromatic amines is 1. The van der Waals surface area contributed by atoms with E-state index in [0.717, 1.165) is 35.9 Å². The first-order valence-corrected chi connectivity index (χ1v) is 6.21. The molecular formula is C14H15NO3. The Labute approximate surface area is 105 Å². The van der Waals surface area contributed by atoms with Crippen LogP contribution in [-0.4, -0.2) is 22.7 Å². The smallest absolute Gasteiger partial charge is 0.352 e. The summed E-state index contributed by atoms with van der Waals surface area (Å²) in [5.41, 5.74) is 2.22. The molecule has 1 aromatic carbocycles. The number of carboxylic acids is 1. The van der Waals surface area contributed by atoms with Crippen LogP contribution in [0.4, 0.5) is 0 Å². The maximum atomic E-state index is 10.9. The molecule has 2 aromatic rings. The maximum Gasteiger partial charge on any atom is 0.352 e. The van der Waals surface area contributed by atoms with E-state index < -0.39 is 5.97 Å². The van der Waals surface area contributed by atoms with Crippen molar-refractivity contribution in [2.45, 2.75) is 25.4 Å². The summed E-state index contributed by atoms with van der Waals surface area (Å²) in [6.07, 6.45) is 3.52. The lowest BCUT2D eigenvalue weighted by molar-refractivity contribution is 0.0150. The second-order valence-electron chi connectivity index (χ2n) is 4.69. The highest BCUT2D eigenvalue weighted by molar-refractivity contribution is 5.93. The Kier molecular flexibility index (Phi) is 2.80. The summed E-state index contributed by atoms with van der Waals surface area (Å²) in [5, 5.41) is 9.88. The van der Waals surface area contributed by atoms with Gasteiger partial charge in [-0.15, -0.1) is 0 Å². The van der Waals surface area contributed by atoms with Crippen LogP contribution in [0.15, 0.2) is 24.3 Å². The molecule has 94 valence electrons. The summed E-state index contributed by atoms with van der Waals surface area (Å²) in [7, 11) is 0. The topological polar surface area (TPSA) is 62.3 Å². The molecule has 0 bridgehead atoms. The van der Waals surface area contributed by atoms with Crippen LogP contribution in [-0.2, 0) is 4.74 Å². The molecule has 0 aliphatic carbocycles. The molecule has 1 aliphatic heterocycles. The van der Waals surface area contributed by atoms with Gasteiger partial charge in [-0.1, -0.05) is 6.07 Å². The van der Waals surface area contributed by atoms with Crippen molar-refractivity contribution < 1.29 is 14.6 Å². The zero-order valence-electron chi connectivity index (χ0n) is 9.98. The van der Waals surface area contributed by atoms with Gasteiger partial charge in [-0.25, -0.2) is 4.79 Å². The number of hydrogen-bond acceptors (Lipinski definition) is 2. The Morgan fingerprint density at radius 3 is 2.94 bits per heavy atom. The lowest BCUT2D eigenvalue weighted by atomic mass is 10.0. The lowest BCUT2D eigenvalue weighted by Crippen LogP contribution is -2.11. The Morgan fingerprint density at radius 1 is 1.33 bits per heavy atom. The highest BCUT2D eigenvalue weighted by Crippen LogP contribution is 2.30. The van der Waals surface area contributed by atoms with Gasteiger partial charge in [0.15, 0.2) is 0 Å². The van der Waals surface area contributed by atoms with Crippen molar-refractivity contribution in [1.29, 1.82) is 0 Å². The first-order valence-electron chi connectivity index (χ1n) is 6.21. The van der Waals surface area contributed by atoms with Gasteiger partial charge in [0.05, 0.1) is 6.10 Å². The predicted octanol–water partition coefficient (Wildman–Crippen LogP) is 3.11. The number of H-pyrrole nitrogens is 1. The summed E-state index contributed by atoms with van der Waals surface area (Å²) in [5.74, 6) is -0.929. The van der Waals surface area contributed by atoms with E-state index in [1.165, 1.54) is 6.42 Å². The number of nitrogens with one attached hydrogen (secondary N) is 1. The third-order valence-electron chi connectivity index (χ3n) is 3.43. The fourth-order valence-corrected chi connectivity index (χ4v) is 2.47. The van der Waals surface area contributed by atoms with Crippen LogP contribution in [0.3, 0.4) is 0 Å². The molecule has 1 aliphatic rings. The van der Waals surface area contributed by atoms with E-state index in [2.05, 4.69) is 4.98 Å². The van der Waals surface area contributed by atoms with Crippen LogP contribution < -0.4 is 0 Å². The number of benzene rings is 1. The summed E-state index contributed by atoms with van der Waals surface area (Å²) < 4.78 is 5.74. The Hall–Kier alpha value is -1.81. The number of hydrogen-bond donors (Lipinski definition) is 2. The summed E-state index contributed by atoms with van der Waals surface area (Å²) in [6.45, 7) is 0.816. The van der Waals surface area contributed by atoms with Crippen molar-refractivity contribution in [2.24, 2.45) is 0 Å².